The molecule has 0 bridgehead atoms. The number of nitrogens with zero attached hydrogens (tertiary/aromatic N) is 1. The Bertz CT molecular complexity index is 1250. The Hall–Kier alpha value is -3.38. The largest absolute Gasteiger partial charge is 0.451 e. The molecule has 0 aliphatic rings. The number of carbonyl (C=O) groups excluding carboxylic acids is 1. The number of hydrogen-bond acceptors (Lipinski definition) is 4. The van der Waals surface area contributed by atoms with Crippen LogP contribution in [0.1, 0.15) is 21.7 Å². The molecule has 0 saturated heterocycles. The molecule has 4 aromatic rings. The molecule has 146 valence electrons. The topological polar surface area (TPSA) is 67.6 Å². The Morgan fingerprint density at radius 2 is 1.41 bits per heavy atom. The van der Waals surface area contributed by atoms with Gasteiger partial charge in [0.2, 0.25) is 0 Å². The summed E-state index contributed by atoms with van der Waals surface area (Å²) in [5.74, 6) is -0.784. The standard InChI is InChI=1S/C23H19NO4S/c1-16-7-11-19(12-8-16)24(29(26,27)20-13-9-17(2)10-14-20)23(25)22-15-18-5-3-4-6-21(18)28-22/h3-15H,1-2H3. The fourth-order valence-electron chi connectivity index (χ4n) is 3.05. The van der Waals surface area contributed by atoms with Gasteiger partial charge in [-0.05, 0) is 50.2 Å². The van der Waals surface area contributed by atoms with E-state index in [4.69, 9.17) is 4.42 Å². The summed E-state index contributed by atoms with van der Waals surface area (Å²) in [5.41, 5.74) is 2.65. The smallest absolute Gasteiger partial charge is 0.308 e. The van der Waals surface area contributed by atoms with E-state index < -0.39 is 15.9 Å². The van der Waals surface area contributed by atoms with Crippen molar-refractivity contribution in [3.8, 4) is 0 Å². The Kier molecular flexibility index (Phi) is 4.72. The highest BCUT2D eigenvalue weighted by molar-refractivity contribution is 7.93. The molecule has 3 aromatic carbocycles. The lowest BCUT2D eigenvalue weighted by Crippen LogP contribution is -2.36. The molecule has 0 atom stereocenters. The second-order valence-electron chi connectivity index (χ2n) is 6.87. The molecule has 1 heterocycles. The zero-order chi connectivity index (χ0) is 20.6. The Balaban J connectivity index is 1.87. The number of carbonyl (C=O) groups is 1. The summed E-state index contributed by atoms with van der Waals surface area (Å²) in [6.07, 6.45) is 0. The molecule has 5 nitrogen and oxygen atoms in total. The predicted molar refractivity (Wildman–Crippen MR) is 113 cm³/mol. The first-order valence-electron chi connectivity index (χ1n) is 9.08. The van der Waals surface area contributed by atoms with Crippen molar-refractivity contribution in [2.45, 2.75) is 18.7 Å². The van der Waals surface area contributed by atoms with Crippen molar-refractivity contribution in [3.05, 3.63) is 95.7 Å². The molecule has 0 unspecified atom stereocenters. The van der Waals surface area contributed by atoms with E-state index in [9.17, 15) is 13.2 Å². The minimum atomic E-state index is -4.14. The zero-order valence-corrected chi connectivity index (χ0v) is 16.8. The maximum atomic E-state index is 13.4. The normalized spacial score (nSPS) is 11.5. The van der Waals surface area contributed by atoms with Crippen molar-refractivity contribution >= 4 is 32.6 Å². The number of benzene rings is 3. The third kappa shape index (κ3) is 3.54. The van der Waals surface area contributed by atoms with Crippen molar-refractivity contribution in [1.82, 2.24) is 0 Å². The Labute approximate surface area is 169 Å². The summed E-state index contributed by atoms with van der Waals surface area (Å²) in [5, 5.41) is 0.729. The van der Waals surface area contributed by atoms with Crippen molar-refractivity contribution < 1.29 is 17.6 Å². The maximum absolute atomic E-state index is 13.4. The lowest BCUT2D eigenvalue weighted by atomic mass is 10.2. The van der Waals surface area contributed by atoms with Gasteiger partial charge < -0.3 is 4.42 Å². The van der Waals surface area contributed by atoms with Crippen LogP contribution in [-0.4, -0.2) is 14.3 Å². The van der Waals surface area contributed by atoms with E-state index in [1.54, 1.807) is 60.7 Å². The van der Waals surface area contributed by atoms with Crippen LogP contribution in [0.2, 0.25) is 0 Å². The molecule has 0 radical (unpaired) electrons. The van der Waals surface area contributed by atoms with Crippen molar-refractivity contribution in [2.75, 3.05) is 4.31 Å². The van der Waals surface area contributed by atoms with Crippen LogP contribution < -0.4 is 4.31 Å². The van der Waals surface area contributed by atoms with Gasteiger partial charge in [0.25, 0.3) is 10.0 Å². The van der Waals surface area contributed by atoms with Crippen LogP contribution in [0.3, 0.4) is 0 Å². The summed E-state index contributed by atoms with van der Waals surface area (Å²) < 4.78 is 33.3. The van der Waals surface area contributed by atoms with E-state index in [2.05, 4.69) is 0 Å². The molecule has 1 aromatic heterocycles. The van der Waals surface area contributed by atoms with Crippen LogP contribution in [0, 0.1) is 13.8 Å². The van der Waals surface area contributed by atoms with Gasteiger partial charge >= 0.3 is 5.91 Å². The first kappa shape index (κ1) is 19.0. The minimum absolute atomic E-state index is 0.0353. The van der Waals surface area contributed by atoms with E-state index in [-0.39, 0.29) is 16.3 Å². The summed E-state index contributed by atoms with van der Waals surface area (Å²) in [7, 11) is -4.14. The Morgan fingerprint density at radius 1 is 0.828 bits per heavy atom. The average Bonchev–Trinajstić information content (AvgIpc) is 3.14. The fourth-order valence-corrected chi connectivity index (χ4v) is 4.45. The number of para-hydroxylation sites is 1. The lowest BCUT2D eigenvalue weighted by Gasteiger charge is -2.22. The quantitative estimate of drug-likeness (QED) is 0.475. The van der Waals surface area contributed by atoms with Gasteiger partial charge in [0.1, 0.15) is 5.58 Å². The number of furan rings is 1. The molecule has 4 rings (SSSR count). The second-order valence-corrected chi connectivity index (χ2v) is 8.66. The SMILES string of the molecule is Cc1ccc(N(C(=O)c2cc3ccccc3o2)S(=O)(=O)c2ccc(C)cc2)cc1. The van der Waals surface area contributed by atoms with E-state index in [1.807, 2.05) is 19.9 Å². The highest BCUT2D eigenvalue weighted by Crippen LogP contribution is 2.28. The summed E-state index contributed by atoms with van der Waals surface area (Å²) in [6.45, 7) is 3.76. The summed E-state index contributed by atoms with van der Waals surface area (Å²) in [6, 6.07) is 21.9. The molecule has 0 aliphatic carbocycles. The molecule has 1 amide bonds. The molecule has 0 fully saturated rings. The zero-order valence-electron chi connectivity index (χ0n) is 16.0. The van der Waals surface area contributed by atoms with Gasteiger partial charge in [0.15, 0.2) is 5.76 Å². The monoisotopic (exact) mass is 405 g/mol. The highest BCUT2D eigenvalue weighted by atomic mass is 32.2. The molecule has 0 aliphatic heterocycles. The van der Waals surface area contributed by atoms with E-state index in [0.29, 0.717) is 5.58 Å². The molecule has 0 spiro atoms. The fraction of sp³-hybridized carbons (Fsp3) is 0.0870. The number of fused-ring (bicyclic) bond motifs is 1. The summed E-state index contributed by atoms with van der Waals surface area (Å²) in [4.78, 5) is 13.4. The number of aryl methyl sites for hydroxylation is 2. The van der Waals surface area contributed by atoms with Gasteiger partial charge in [-0.15, -0.1) is 0 Å². The van der Waals surface area contributed by atoms with Gasteiger partial charge in [0, 0.05) is 5.39 Å². The lowest BCUT2D eigenvalue weighted by molar-refractivity contribution is 0.0981. The van der Waals surface area contributed by atoms with Crippen LogP contribution in [0.25, 0.3) is 11.0 Å². The minimum Gasteiger partial charge on any atom is -0.451 e. The number of hydrogen-bond donors (Lipinski definition) is 0. The highest BCUT2D eigenvalue weighted by Gasteiger charge is 2.33. The van der Waals surface area contributed by atoms with Crippen LogP contribution in [-0.2, 0) is 10.0 Å². The Morgan fingerprint density at radius 3 is 2.03 bits per heavy atom. The van der Waals surface area contributed by atoms with Gasteiger partial charge in [0.05, 0.1) is 10.6 Å². The van der Waals surface area contributed by atoms with Gasteiger partial charge in [-0.1, -0.05) is 53.6 Å². The number of amides is 1. The summed E-state index contributed by atoms with van der Waals surface area (Å²) >= 11 is 0. The van der Waals surface area contributed by atoms with Gasteiger partial charge in [-0.2, -0.15) is 4.31 Å². The first-order chi connectivity index (χ1) is 13.9. The second kappa shape index (κ2) is 7.22. The number of sulfonamides is 1. The molecule has 29 heavy (non-hydrogen) atoms. The number of anilines is 1. The molecule has 0 saturated carbocycles. The van der Waals surface area contributed by atoms with Crippen LogP contribution >= 0.6 is 0 Å². The van der Waals surface area contributed by atoms with Crippen molar-refractivity contribution in [2.24, 2.45) is 0 Å². The third-order valence-electron chi connectivity index (χ3n) is 4.65. The van der Waals surface area contributed by atoms with E-state index in [1.165, 1.54) is 12.1 Å². The maximum Gasteiger partial charge on any atom is 0.308 e. The third-order valence-corrected chi connectivity index (χ3v) is 6.37. The van der Waals surface area contributed by atoms with Crippen LogP contribution in [0.4, 0.5) is 5.69 Å². The average molecular weight is 405 g/mol. The van der Waals surface area contributed by atoms with Crippen molar-refractivity contribution in [3.63, 3.8) is 0 Å². The first-order valence-corrected chi connectivity index (χ1v) is 10.5. The molecule has 0 N–H and O–H groups in total. The molecule has 6 heteroatoms. The van der Waals surface area contributed by atoms with Crippen molar-refractivity contribution in [1.29, 1.82) is 0 Å². The predicted octanol–water partition coefficient (Wildman–Crippen LogP) is 5.09. The van der Waals surface area contributed by atoms with Crippen LogP contribution in [0.15, 0.2) is 88.2 Å². The van der Waals surface area contributed by atoms with E-state index in [0.717, 1.165) is 20.8 Å². The van der Waals surface area contributed by atoms with Crippen LogP contribution in [0.5, 0.6) is 0 Å². The molecular weight excluding hydrogens is 386 g/mol. The number of rotatable bonds is 4. The molecular formula is C23H19NO4S. The van der Waals surface area contributed by atoms with Gasteiger partial charge in [-0.25, -0.2) is 8.42 Å². The van der Waals surface area contributed by atoms with E-state index >= 15 is 0 Å². The van der Waals surface area contributed by atoms with Gasteiger partial charge in [-0.3, -0.25) is 4.79 Å².